The molecule has 100 valence electrons. The minimum absolute atomic E-state index is 0.118. The lowest BCUT2D eigenvalue weighted by Gasteiger charge is -2.30. The molecule has 0 bridgehead atoms. The minimum atomic E-state index is -1.92. The molecule has 0 aliphatic carbocycles. The second-order valence-corrected chi connectivity index (χ2v) is 4.40. The Balaban J connectivity index is 4.65. The zero-order valence-electron chi connectivity index (χ0n) is 10.6. The molecular weight excluding hydrogens is 222 g/mol. The van der Waals surface area contributed by atoms with Crippen LogP contribution in [0, 0.1) is 5.92 Å². The summed E-state index contributed by atoms with van der Waals surface area (Å²) in [6.07, 6.45) is 3.80. The summed E-state index contributed by atoms with van der Waals surface area (Å²) in [6.45, 7) is 3.67. The van der Waals surface area contributed by atoms with Crippen LogP contribution < -0.4 is 5.73 Å². The molecule has 5 nitrogen and oxygen atoms in total. The molecule has 1 amide bonds. The van der Waals surface area contributed by atoms with Crippen molar-refractivity contribution in [3.05, 3.63) is 0 Å². The van der Waals surface area contributed by atoms with E-state index in [-0.39, 0.29) is 12.8 Å². The number of carboxylic acids is 1. The molecule has 0 rings (SSSR count). The Bertz CT molecular complexity index is 267. The summed E-state index contributed by atoms with van der Waals surface area (Å²) in [5.41, 5.74) is 3.23. The van der Waals surface area contributed by atoms with E-state index < -0.39 is 23.4 Å². The first-order valence-corrected chi connectivity index (χ1v) is 6.15. The predicted molar refractivity (Wildman–Crippen MR) is 64.3 cm³/mol. The van der Waals surface area contributed by atoms with Gasteiger partial charge in [0.25, 0.3) is 0 Å². The standard InChI is InChI=1S/C12H23NO4/c1-3-5-6-7-8-12(17,11(13)16)9(4-2)10(14)15/h9,17H,3-8H2,1-2H3,(H2,13,16)(H,14,15). The summed E-state index contributed by atoms with van der Waals surface area (Å²) in [5, 5.41) is 19.2. The Morgan fingerprint density at radius 1 is 1.24 bits per heavy atom. The second-order valence-electron chi connectivity index (χ2n) is 4.40. The summed E-state index contributed by atoms with van der Waals surface area (Å²) < 4.78 is 0. The van der Waals surface area contributed by atoms with E-state index in [9.17, 15) is 14.7 Å². The lowest BCUT2D eigenvalue weighted by atomic mass is 9.80. The zero-order valence-corrected chi connectivity index (χ0v) is 10.6. The van der Waals surface area contributed by atoms with Gasteiger partial charge < -0.3 is 15.9 Å². The van der Waals surface area contributed by atoms with E-state index in [0.29, 0.717) is 6.42 Å². The number of primary amides is 1. The van der Waals surface area contributed by atoms with Crippen molar-refractivity contribution < 1.29 is 19.8 Å². The Labute approximate surface area is 102 Å². The van der Waals surface area contributed by atoms with E-state index in [1.54, 1.807) is 6.92 Å². The maximum atomic E-state index is 11.3. The first-order valence-electron chi connectivity index (χ1n) is 6.15. The maximum absolute atomic E-state index is 11.3. The monoisotopic (exact) mass is 245 g/mol. The van der Waals surface area contributed by atoms with Crippen LogP contribution in [0.4, 0.5) is 0 Å². The molecule has 0 saturated carbocycles. The van der Waals surface area contributed by atoms with Crippen LogP contribution in [-0.4, -0.2) is 27.7 Å². The highest BCUT2D eigenvalue weighted by Gasteiger charge is 2.44. The number of rotatable bonds is 9. The Hall–Kier alpha value is -1.10. The van der Waals surface area contributed by atoms with E-state index in [1.165, 1.54) is 0 Å². The quantitative estimate of drug-likeness (QED) is 0.533. The summed E-state index contributed by atoms with van der Waals surface area (Å²) in [5.74, 6) is -3.24. The van der Waals surface area contributed by atoms with Gasteiger partial charge in [-0.05, 0) is 12.8 Å². The molecule has 0 aromatic rings. The first-order chi connectivity index (χ1) is 7.90. The molecule has 0 heterocycles. The van der Waals surface area contributed by atoms with Crippen LogP contribution >= 0.6 is 0 Å². The Morgan fingerprint density at radius 3 is 2.18 bits per heavy atom. The fraction of sp³-hybridized carbons (Fsp3) is 0.833. The summed E-state index contributed by atoms with van der Waals surface area (Å²) in [6, 6.07) is 0. The fourth-order valence-electron chi connectivity index (χ4n) is 2.01. The van der Waals surface area contributed by atoms with Gasteiger partial charge in [0.1, 0.15) is 0 Å². The van der Waals surface area contributed by atoms with Gasteiger partial charge in [0, 0.05) is 0 Å². The smallest absolute Gasteiger partial charge is 0.309 e. The van der Waals surface area contributed by atoms with Crippen LogP contribution in [-0.2, 0) is 9.59 Å². The molecule has 0 spiro atoms. The molecule has 0 aromatic carbocycles. The average Bonchev–Trinajstić information content (AvgIpc) is 2.24. The van der Waals surface area contributed by atoms with Gasteiger partial charge in [-0.25, -0.2) is 0 Å². The van der Waals surface area contributed by atoms with Crippen molar-refractivity contribution >= 4 is 11.9 Å². The molecule has 0 saturated heterocycles. The van der Waals surface area contributed by atoms with Crippen molar-refractivity contribution in [2.75, 3.05) is 0 Å². The molecule has 0 radical (unpaired) electrons. The van der Waals surface area contributed by atoms with Crippen molar-refractivity contribution in [1.82, 2.24) is 0 Å². The zero-order chi connectivity index (χ0) is 13.5. The summed E-state index contributed by atoms with van der Waals surface area (Å²) >= 11 is 0. The van der Waals surface area contributed by atoms with E-state index in [0.717, 1.165) is 19.3 Å². The molecular formula is C12H23NO4. The van der Waals surface area contributed by atoms with E-state index in [1.807, 2.05) is 6.92 Å². The Kier molecular flexibility index (Phi) is 6.80. The highest BCUT2D eigenvalue weighted by molar-refractivity contribution is 5.89. The number of amides is 1. The SMILES string of the molecule is CCCCCCC(O)(C(N)=O)C(CC)C(=O)O. The van der Waals surface area contributed by atoms with Crippen LogP contribution in [0.2, 0.25) is 0 Å². The molecule has 2 atom stereocenters. The van der Waals surface area contributed by atoms with Crippen molar-refractivity contribution in [2.45, 2.75) is 58.0 Å². The van der Waals surface area contributed by atoms with Crippen LogP contribution in [0.25, 0.3) is 0 Å². The molecule has 0 fully saturated rings. The van der Waals surface area contributed by atoms with Crippen LogP contribution in [0.3, 0.4) is 0 Å². The van der Waals surface area contributed by atoms with Crippen LogP contribution in [0.15, 0.2) is 0 Å². The number of aliphatic hydroxyl groups is 1. The van der Waals surface area contributed by atoms with Crippen LogP contribution in [0.1, 0.15) is 52.4 Å². The highest BCUT2D eigenvalue weighted by Crippen LogP contribution is 2.27. The topological polar surface area (TPSA) is 101 Å². The van der Waals surface area contributed by atoms with Crippen molar-refractivity contribution in [3.63, 3.8) is 0 Å². The van der Waals surface area contributed by atoms with Gasteiger partial charge in [0.15, 0.2) is 5.60 Å². The van der Waals surface area contributed by atoms with Gasteiger partial charge >= 0.3 is 5.97 Å². The Morgan fingerprint density at radius 2 is 1.82 bits per heavy atom. The number of carbonyl (C=O) groups is 2. The summed E-state index contributed by atoms with van der Waals surface area (Å²) in [4.78, 5) is 22.3. The van der Waals surface area contributed by atoms with Gasteiger partial charge in [-0.1, -0.05) is 39.5 Å². The third-order valence-corrected chi connectivity index (χ3v) is 3.12. The first kappa shape index (κ1) is 15.9. The molecule has 17 heavy (non-hydrogen) atoms. The van der Waals surface area contributed by atoms with Gasteiger partial charge in [-0.15, -0.1) is 0 Å². The molecule has 0 aliphatic rings. The van der Waals surface area contributed by atoms with Gasteiger partial charge in [0.2, 0.25) is 5.91 Å². The normalized spacial score (nSPS) is 16.2. The van der Waals surface area contributed by atoms with Crippen molar-refractivity contribution in [1.29, 1.82) is 0 Å². The van der Waals surface area contributed by atoms with Crippen molar-refractivity contribution in [3.8, 4) is 0 Å². The van der Waals surface area contributed by atoms with E-state index >= 15 is 0 Å². The van der Waals surface area contributed by atoms with Crippen LogP contribution in [0.5, 0.6) is 0 Å². The minimum Gasteiger partial charge on any atom is -0.481 e. The van der Waals surface area contributed by atoms with Gasteiger partial charge in [0.05, 0.1) is 5.92 Å². The van der Waals surface area contributed by atoms with E-state index in [2.05, 4.69) is 0 Å². The lowest BCUT2D eigenvalue weighted by Crippen LogP contribution is -2.52. The second kappa shape index (κ2) is 7.27. The third-order valence-electron chi connectivity index (χ3n) is 3.12. The van der Waals surface area contributed by atoms with Gasteiger partial charge in [-0.3, -0.25) is 9.59 Å². The average molecular weight is 245 g/mol. The number of carbonyl (C=O) groups excluding carboxylic acids is 1. The molecule has 0 aromatic heterocycles. The maximum Gasteiger partial charge on any atom is 0.309 e. The number of unbranched alkanes of at least 4 members (excludes halogenated alkanes) is 3. The molecule has 0 aliphatic heterocycles. The highest BCUT2D eigenvalue weighted by atomic mass is 16.4. The summed E-state index contributed by atoms with van der Waals surface area (Å²) in [7, 11) is 0. The third kappa shape index (κ3) is 4.34. The van der Waals surface area contributed by atoms with Crippen molar-refractivity contribution in [2.24, 2.45) is 11.7 Å². The largest absolute Gasteiger partial charge is 0.481 e. The number of hydrogen-bond acceptors (Lipinski definition) is 3. The molecule has 5 heteroatoms. The predicted octanol–water partition coefficient (Wildman–Crippen LogP) is 1.28. The number of hydrogen-bond donors (Lipinski definition) is 3. The fourth-order valence-corrected chi connectivity index (χ4v) is 2.01. The molecule has 2 unspecified atom stereocenters. The van der Waals surface area contributed by atoms with Gasteiger partial charge in [-0.2, -0.15) is 0 Å². The number of aliphatic carboxylic acids is 1. The number of carboxylic acid groups (broad SMARTS) is 1. The number of nitrogens with two attached hydrogens (primary N) is 1. The van der Waals surface area contributed by atoms with E-state index in [4.69, 9.17) is 10.8 Å². The molecule has 4 N–H and O–H groups in total. The lowest BCUT2D eigenvalue weighted by molar-refractivity contribution is -0.162.